The molecule has 3 N–H and O–H groups in total. The lowest BCUT2D eigenvalue weighted by Crippen LogP contribution is -2.57. The van der Waals surface area contributed by atoms with Crippen LogP contribution in [0.5, 0.6) is 0 Å². The summed E-state index contributed by atoms with van der Waals surface area (Å²) in [6, 6.07) is -0.0311. The van der Waals surface area contributed by atoms with Crippen LogP contribution in [0.3, 0.4) is 0 Å². The molecule has 3 aliphatic rings. The van der Waals surface area contributed by atoms with E-state index in [1.807, 2.05) is 4.90 Å². The average molecular weight is 421 g/mol. The van der Waals surface area contributed by atoms with Gasteiger partial charge in [-0.2, -0.15) is 5.10 Å². The van der Waals surface area contributed by atoms with E-state index in [0.717, 1.165) is 31.4 Å². The Balaban J connectivity index is 0.000000806. The van der Waals surface area contributed by atoms with E-state index in [-0.39, 0.29) is 36.4 Å². The highest BCUT2D eigenvalue weighted by Crippen LogP contribution is 2.36. The molecule has 3 fully saturated rings. The molecule has 1 aromatic heterocycles. The Morgan fingerprint density at radius 2 is 2.00 bits per heavy atom. The number of ether oxygens (including phenoxy) is 1. The number of carbonyl (C=O) groups excluding carboxylic acids is 2. The third kappa shape index (κ3) is 4.83. The maximum atomic E-state index is 13.4. The fraction of sp³-hybridized carbons (Fsp3) is 0.714. The maximum absolute atomic E-state index is 13.4. The summed E-state index contributed by atoms with van der Waals surface area (Å²) in [5.41, 5.74) is 1.71. The lowest BCUT2D eigenvalue weighted by molar-refractivity contribution is -0.131. The van der Waals surface area contributed by atoms with Crippen molar-refractivity contribution < 1.29 is 24.2 Å². The minimum Gasteiger partial charge on any atom is -0.483 e. The zero-order valence-corrected chi connectivity index (χ0v) is 17.5. The first-order valence-electron chi connectivity index (χ1n) is 10.9. The summed E-state index contributed by atoms with van der Waals surface area (Å²) in [6.45, 7) is 0.893. The molecule has 3 atom stereocenters. The van der Waals surface area contributed by atoms with Gasteiger partial charge in [0.2, 0.25) is 5.91 Å². The van der Waals surface area contributed by atoms with Crippen LogP contribution in [0.1, 0.15) is 73.3 Å². The van der Waals surface area contributed by atoms with Crippen molar-refractivity contribution in [3.8, 4) is 0 Å². The zero-order valence-electron chi connectivity index (χ0n) is 17.5. The Hall–Kier alpha value is -2.42. The number of amides is 2. The molecular weight excluding hydrogens is 388 g/mol. The molecule has 1 saturated heterocycles. The summed E-state index contributed by atoms with van der Waals surface area (Å²) in [6.07, 6.45) is 10.0. The number of morpholine rings is 1. The molecule has 4 rings (SSSR count). The number of carbonyl (C=O) groups is 3. The van der Waals surface area contributed by atoms with Crippen molar-refractivity contribution in [2.24, 2.45) is 5.92 Å². The predicted molar refractivity (Wildman–Crippen MR) is 109 cm³/mol. The third-order valence-electron chi connectivity index (χ3n) is 6.61. The van der Waals surface area contributed by atoms with E-state index < -0.39 is 0 Å². The molecule has 9 nitrogen and oxygen atoms in total. The smallest absolute Gasteiger partial charge is 0.290 e. The van der Waals surface area contributed by atoms with Crippen LogP contribution >= 0.6 is 0 Å². The molecule has 1 aliphatic heterocycles. The van der Waals surface area contributed by atoms with Gasteiger partial charge in [-0.25, -0.2) is 0 Å². The number of H-pyrrole nitrogens is 1. The minimum absolute atomic E-state index is 0.0311. The molecule has 0 spiro atoms. The molecule has 166 valence electrons. The highest BCUT2D eigenvalue weighted by Gasteiger charge is 2.42. The van der Waals surface area contributed by atoms with Gasteiger partial charge in [-0.15, -0.1) is 0 Å². The van der Waals surface area contributed by atoms with Gasteiger partial charge in [0.15, 0.2) is 0 Å². The van der Waals surface area contributed by atoms with Gasteiger partial charge in [0.1, 0.15) is 0 Å². The van der Waals surface area contributed by atoms with E-state index in [0.29, 0.717) is 31.1 Å². The fourth-order valence-electron chi connectivity index (χ4n) is 5.13. The minimum atomic E-state index is -0.250. The molecule has 2 amide bonds. The number of aromatic amines is 1. The van der Waals surface area contributed by atoms with Gasteiger partial charge in [0.25, 0.3) is 12.4 Å². The lowest BCUT2D eigenvalue weighted by atomic mass is 9.81. The maximum Gasteiger partial charge on any atom is 0.290 e. The largest absolute Gasteiger partial charge is 0.483 e. The second kappa shape index (κ2) is 10.6. The Morgan fingerprint density at radius 1 is 1.27 bits per heavy atom. The average Bonchev–Trinajstić information content (AvgIpc) is 3.28. The van der Waals surface area contributed by atoms with Crippen LogP contribution in [-0.4, -0.2) is 70.8 Å². The van der Waals surface area contributed by atoms with Crippen LogP contribution in [0, 0.1) is 5.92 Å². The fourth-order valence-corrected chi connectivity index (χ4v) is 5.13. The highest BCUT2D eigenvalue weighted by atomic mass is 16.5. The molecule has 0 unspecified atom stereocenters. The standard InChI is InChI=1S/C20H30N4O3.CH2O2/c1-21-19(25)14-7-8-17-16(11-14)24(9-10-27-17)20(26)15-12-22-23-18(15)13-5-3-2-4-6-13;2-1-3/h12-14,16-17H,2-11H2,1H3,(H,21,25)(H,22,23);1H,(H,2,3)/t14-,16+,17+;/m0./s1. The Kier molecular flexibility index (Phi) is 7.84. The summed E-state index contributed by atoms with van der Waals surface area (Å²) in [4.78, 5) is 35.9. The van der Waals surface area contributed by atoms with E-state index >= 15 is 0 Å². The lowest BCUT2D eigenvalue weighted by Gasteiger charge is -2.45. The summed E-state index contributed by atoms with van der Waals surface area (Å²) in [5.74, 6) is 0.468. The first-order valence-corrected chi connectivity index (χ1v) is 10.9. The normalized spacial score (nSPS) is 26.7. The van der Waals surface area contributed by atoms with Gasteiger partial charge in [-0.05, 0) is 32.1 Å². The van der Waals surface area contributed by atoms with Gasteiger partial charge in [0.05, 0.1) is 36.2 Å². The number of aromatic nitrogens is 2. The van der Waals surface area contributed by atoms with Gasteiger partial charge >= 0.3 is 0 Å². The predicted octanol–water partition coefficient (Wildman–Crippen LogP) is 1.91. The Bertz CT molecular complexity index is 731. The molecule has 2 heterocycles. The number of hydrogen-bond donors (Lipinski definition) is 3. The zero-order chi connectivity index (χ0) is 21.5. The summed E-state index contributed by atoms with van der Waals surface area (Å²) in [7, 11) is 1.68. The number of nitrogens with one attached hydrogen (secondary N) is 2. The number of nitrogens with zero attached hydrogens (tertiary/aromatic N) is 2. The quantitative estimate of drug-likeness (QED) is 0.642. The number of rotatable bonds is 3. The monoisotopic (exact) mass is 420 g/mol. The second-order valence-corrected chi connectivity index (χ2v) is 8.24. The SMILES string of the molecule is CNC(=O)[C@H]1CC[C@H]2OCCN(C(=O)c3cn[nH]c3C3CCCCC3)[C@@H]2C1.O=CO. The Morgan fingerprint density at radius 3 is 2.70 bits per heavy atom. The second-order valence-electron chi connectivity index (χ2n) is 8.24. The summed E-state index contributed by atoms with van der Waals surface area (Å²) >= 11 is 0. The van der Waals surface area contributed by atoms with Crippen molar-refractivity contribution in [1.29, 1.82) is 0 Å². The summed E-state index contributed by atoms with van der Waals surface area (Å²) in [5, 5.41) is 17.0. The topological polar surface area (TPSA) is 125 Å². The van der Waals surface area contributed by atoms with Crippen molar-refractivity contribution in [2.75, 3.05) is 20.2 Å². The van der Waals surface area contributed by atoms with Crippen molar-refractivity contribution in [1.82, 2.24) is 20.4 Å². The van der Waals surface area contributed by atoms with E-state index in [1.54, 1.807) is 13.2 Å². The Labute approximate surface area is 176 Å². The van der Waals surface area contributed by atoms with Crippen molar-refractivity contribution in [3.05, 3.63) is 17.5 Å². The van der Waals surface area contributed by atoms with E-state index in [4.69, 9.17) is 14.6 Å². The molecule has 0 radical (unpaired) electrons. The summed E-state index contributed by atoms with van der Waals surface area (Å²) < 4.78 is 5.94. The van der Waals surface area contributed by atoms with E-state index in [2.05, 4.69) is 15.5 Å². The molecule has 2 aliphatic carbocycles. The molecule has 2 saturated carbocycles. The number of hydrogen-bond acceptors (Lipinski definition) is 5. The number of fused-ring (bicyclic) bond motifs is 1. The molecular formula is C21H32N4O5. The van der Waals surface area contributed by atoms with Gasteiger partial charge in [-0.1, -0.05) is 19.3 Å². The van der Waals surface area contributed by atoms with Gasteiger partial charge in [-0.3, -0.25) is 19.5 Å². The van der Waals surface area contributed by atoms with Crippen LogP contribution in [0.15, 0.2) is 6.20 Å². The van der Waals surface area contributed by atoms with Crippen LogP contribution in [0.2, 0.25) is 0 Å². The van der Waals surface area contributed by atoms with Crippen molar-refractivity contribution >= 4 is 18.3 Å². The van der Waals surface area contributed by atoms with E-state index in [9.17, 15) is 9.59 Å². The van der Waals surface area contributed by atoms with Gasteiger partial charge < -0.3 is 20.1 Å². The molecule has 30 heavy (non-hydrogen) atoms. The number of carboxylic acid groups (broad SMARTS) is 1. The van der Waals surface area contributed by atoms with Crippen LogP contribution in [0.4, 0.5) is 0 Å². The molecule has 1 aromatic rings. The molecule has 0 bridgehead atoms. The van der Waals surface area contributed by atoms with Crippen molar-refractivity contribution in [2.45, 2.75) is 69.4 Å². The highest BCUT2D eigenvalue weighted by molar-refractivity contribution is 5.95. The third-order valence-corrected chi connectivity index (χ3v) is 6.61. The van der Waals surface area contributed by atoms with Gasteiger partial charge in [0, 0.05) is 25.4 Å². The van der Waals surface area contributed by atoms with Crippen LogP contribution in [-0.2, 0) is 14.3 Å². The first-order chi connectivity index (χ1) is 14.6. The van der Waals surface area contributed by atoms with Crippen LogP contribution in [0.25, 0.3) is 0 Å². The first kappa shape index (κ1) is 22.3. The molecule has 0 aromatic carbocycles. The molecule has 9 heteroatoms. The van der Waals surface area contributed by atoms with Crippen LogP contribution < -0.4 is 5.32 Å². The van der Waals surface area contributed by atoms with Crippen molar-refractivity contribution in [3.63, 3.8) is 0 Å². The van der Waals surface area contributed by atoms with E-state index in [1.165, 1.54) is 19.3 Å².